The van der Waals surface area contributed by atoms with Gasteiger partial charge in [-0.05, 0) is 25.2 Å². The quantitative estimate of drug-likeness (QED) is 0.806. The van der Waals surface area contributed by atoms with Crippen LogP contribution in [-0.4, -0.2) is 29.7 Å². The molecule has 0 unspecified atom stereocenters. The SMILES string of the molecule is CCOc1cncc(N2C[C@H](C)C[C@@H](C)C2)n1. The van der Waals surface area contributed by atoms with E-state index >= 15 is 0 Å². The first-order chi connectivity index (χ1) is 8.19. The van der Waals surface area contributed by atoms with Gasteiger partial charge in [-0.15, -0.1) is 0 Å². The topological polar surface area (TPSA) is 38.2 Å². The Morgan fingerprint density at radius 1 is 1.29 bits per heavy atom. The van der Waals surface area contributed by atoms with E-state index in [1.54, 1.807) is 6.20 Å². The van der Waals surface area contributed by atoms with Crippen LogP contribution in [0.5, 0.6) is 5.88 Å². The van der Waals surface area contributed by atoms with E-state index in [0.717, 1.165) is 30.7 Å². The van der Waals surface area contributed by atoms with Gasteiger partial charge in [0.15, 0.2) is 5.82 Å². The van der Waals surface area contributed by atoms with Gasteiger partial charge in [0.05, 0.1) is 19.0 Å². The summed E-state index contributed by atoms with van der Waals surface area (Å²) < 4.78 is 5.39. The van der Waals surface area contributed by atoms with Crippen LogP contribution in [0.25, 0.3) is 0 Å². The van der Waals surface area contributed by atoms with E-state index in [-0.39, 0.29) is 0 Å². The summed E-state index contributed by atoms with van der Waals surface area (Å²) in [4.78, 5) is 11.0. The van der Waals surface area contributed by atoms with Crippen LogP contribution in [0.15, 0.2) is 12.4 Å². The van der Waals surface area contributed by atoms with Crippen molar-refractivity contribution in [2.45, 2.75) is 27.2 Å². The molecule has 0 radical (unpaired) electrons. The average Bonchev–Trinajstić information content (AvgIpc) is 2.28. The van der Waals surface area contributed by atoms with Gasteiger partial charge in [-0.1, -0.05) is 13.8 Å². The van der Waals surface area contributed by atoms with Crippen LogP contribution in [0.1, 0.15) is 27.2 Å². The van der Waals surface area contributed by atoms with Crippen molar-refractivity contribution in [3.8, 4) is 5.88 Å². The Balaban J connectivity index is 2.12. The lowest BCUT2D eigenvalue weighted by Gasteiger charge is -2.35. The Morgan fingerprint density at radius 2 is 2.00 bits per heavy atom. The van der Waals surface area contributed by atoms with Crippen molar-refractivity contribution >= 4 is 5.82 Å². The van der Waals surface area contributed by atoms with Crippen molar-refractivity contribution in [1.82, 2.24) is 9.97 Å². The van der Waals surface area contributed by atoms with Gasteiger partial charge in [-0.3, -0.25) is 4.98 Å². The third-order valence-electron chi connectivity index (χ3n) is 3.08. The molecule has 1 saturated heterocycles. The predicted molar refractivity (Wildman–Crippen MR) is 68.4 cm³/mol. The summed E-state index contributed by atoms with van der Waals surface area (Å²) in [6.45, 7) is 9.30. The maximum absolute atomic E-state index is 5.39. The van der Waals surface area contributed by atoms with E-state index in [4.69, 9.17) is 4.74 Å². The standard InChI is InChI=1S/C13H21N3O/c1-4-17-13-7-14-6-12(15-13)16-8-10(2)5-11(3)9-16/h6-7,10-11H,4-5,8-9H2,1-3H3/t10-,11-/m1/s1. The molecule has 0 amide bonds. The van der Waals surface area contributed by atoms with Gasteiger partial charge in [0, 0.05) is 13.1 Å². The predicted octanol–water partition coefficient (Wildman–Crippen LogP) is 2.36. The van der Waals surface area contributed by atoms with Crippen molar-refractivity contribution in [3.63, 3.8) is 0 Å². The van der Waals surface area contributed by atoms with E-state index in [1.165, 1.54) is 6.42 Å². The number of anilines is 1. The molecule has 17 heavy (non-hydrogen) atoms. The minimum absolute atomic E-state index is 0.621. The maximum Gasteiger partial charge on any atom is 0.234 e. The Hall–Kier alpha value is -1.32. The van der Waals surface area contributed by atoms with Gasteiger partial charge in [0.25, 0.3) is 0 Å². The Kier molecular flexibility index (Phi) is 3.82. The van der Waals surface area contributed by atoms with Crippen molar-refractivity contribution in [2.75, 3.05) is 24.6 Å². The lowest BCUT2D eigenvalue weighted by Crippen LogP contribution is -2.39. The fraction of sp³-hybridized carbons (Fsp3) is 0.692. The lowest BCUT2D eigenvalue weighted by molar-refractivity contribution is 0.322. The van der Waals surface area contributed by atoms with Gasteiger partial charge in [0.2, 0.25) is 5.88 Å². The summed E-state index contributed by atoms with van der Waals surface area (Å²) in [5, 5.41) is 0. The molecule has 0 aliphatic carbocycles. The molecule has 4 nitrogen and oxygen atoms in total. The molecule has 1 fully saturated rings. The first-order valence-electron chi connectivity index (χ1n) is 6.38. The minimum Gasteiger partial charge on any atom is -0.477 e. The lowest BCUT2D eigenvalue weighted by atomic mass is 9.92. The highest BCUT2D eigenvalue weighted by Crippen LogP contribution is 2.25. The van der Waals surface area contributed by atoms with Crippen molar-refractivity contribution < 1.29 is 4.74 Å². The average molecular weight is 235 g/mol. The molecule has 1 aliphatic rings. The number of hydrogen-bond donors (Lipinski definition) is 0. The highest BCUT2D eigenvalue weighted by molar-refractivity contribution is 5.38. The van der Waals surface area contributed by atoms with Gasteiger partial charge in [-0.25, -0.2) is 0 Å². The molecule has 2 rings (SSSR count). The normalized spacial score (nSPS) is 24.8. The van der Waals surface area contributed by atoms with E-state index in [0.29, 0.717) is 12.5 Å². The Bertz CT molecular complexity index is 359. The van der Waals surface area contributed by atoms with Crippen LogP contribution in [0.3, 0.4) is 0 Å². The molecule has 2 atom stereocenters. The van der Waals surface area contributed by atoms with Crippen molar-refractivity contribution in [1.29, 1.82) is 0 Å². The smallest absolute Gasteiger partial charge is 0.234 e. The number of piperidine rings is 1. The molecule has 0 aromatic carbocycles. The van der Waals surface area contributed by atoms with Gasteiger partial charge in [-0.2, -0.15) is 4.98 Å². The number of ether oxygens (including phenoxy) is 1. The zero-order valence-electron chi connectivity index (χ0n) is 10.9. The van der Waals surface area contributed by atoms with E-state index in [9.17, 15) is 0 Å². The Labute approximate surface area is 103 Å². The molecule has 0 bridgehead atoms. The van der Waals surface area contributed by atoms with Crippen LogP contribution in [0.2, 0.25) is 0 Å². The minimum atomic E-state index is 0.621. The van der Waals surface area contributed by atoms with Crippen LogP contribution in [0.4, 0.5) is 5.82 Å². The third kappa shape index (κ3) is 3.08. The molecular formula is C13H21N3O. The number of aromatic nitrogens is 2. The maximum atomic E-state index is 5.39. The molecule has 1 aromatic rings. The van der Waals surface area contributed by atoms with Crippen LogP contribution in [-0.2, 0) is 0 Å². The van der Waals surface area contributed by atoms with E-state index in [1.807, 2.05) is 13.1 Å². The van der Waals surface area contributed by atoms with Crippen LogP contribution < -0.4 is 9.64 Å². The largest absolute Gasteiger partial charge is 0.477 e. The fourth-order valence-electron chi connectivity index (χ4n) is 2.56. The van der Waals surface area contributed by atoms with Gasteiger partial charge < -0.3 is 9.64 Å². The van der Waals surface area contributed by atoms with Crippen molar-refractivity contribution in [2.24, 2.45) is 11.8 Å². The Morgan fingerprint density at radius 3 is 2.65 bits per heavy atom. The summed E-state index contributed by atoms with van der Waals surface area (Å²) >= 11 is 0. The van der Waals surface area contributed by atoms with E-state index in [2.05, 4.69) is 28.7 Å². The van der Waals surface area contributed by atoms with Crippen molar-refractivity contribution in [3.05, 3.63) is 12.4 Å². The first kappa shape index (κ1) is 12.1. The molecule has 0 saturated carbocycles. The number of nitrogens with zero attached hydrogens (tertiary/aromatic N) is 3. The van der Waals surface area contributed by atoms with Gasteiger partial charge in [0.1, 0.15) is 0 Å². The summed E-state index contributed by atoms with van der Waals surface area (Å²) in [5.41, 5.74) is 0. The molecule has 4 heteroatoms. The zero-order chi connectivity index (χ0) is 12.3. The highest BCUT2D eigenvalue weighted by atomic mass is 16.5. The highest BCUT2D eigenvalue weighted by Gasteiger charge is 2.23. The second-order valence-electron chi connectivity index (χ2n) is 5.00. The second kappa shape index (κ2) is 5.34. The molecule has 0 N–H and O–H groups in total. The summed E-state index contributed by atoms with van der Waals surface area (Å²) in [6.07, 6.45) is 4.80. The number of hydrogen-bond acceptors (Lipinski definition) is 4. The third-order valence-corrected chi connectivity index (χ3v) is 3.08. The second-order valence-corrected chi connectivity index (χ2v) is 5.00. The summed E-state index contributed by atoms with van der Waals surface area (Å²) in [6, 6.07) is 0. The van der Waals surface area contributed by atoms with E-state index < -0.39 is 0 Å². The molecular weight excluding hydrogens is 214 g/mol. The zero-order valence-corrected chi connectivity index (χ0v) is 10.9. The summed E-state index contributed by atoms with van der Waals surface area (Å²) in [7, 11) is 0. The molecule has 0 spiro atoms. The molecule has 2 heterocycles. The monoisotopic (exact) mass is 235 g/mol. The van der Waals surface area contributed by atoms with Crippen LogP contribution >= 0.6 is 0 Å². The first-order valence-corrected chi connectivity index (χ1v) is 6.38. The molecule has 94 valence electrons. The molecule has 1 aliphatic heterocycles. The summed E-state index contributed by atoms with van der Waals surface area (Å²) in [5.74, 6) is 3.00. The fourth-order valence-corrected chi connectivity index (χ4v) is 2.56. The molecule has 1 aromatic heterocycles. The van der Waals surface area contributed by atoms with Crippen LogP contribution in [0, 0.1) is 11.8 Å². The van der Waals surface area contributed by atoms with Gasteiger partial charge >= 0.3 is 0 Å². The number of rotatable bonds is 3.